The van der Waals surface area contributed by atoms with Crippen LogP contribution in [-0.2, 0) is 4.74 Å². The van der Waals surface area contributed by atoms with E-state index in [4.69, 9.17) is 4.74 Å². The lowest BCUT2D eigenvalue weighted by molar-refractivity contribution is -0.138. The monoisotopic (exact) mass is 290 g/mol. The minimum atomic E-state index is -4.15. The average molecular weight is 290 g/mol. The zero-order valence-electron chi connectivity index (χ0n) is 12.0. The first-order valence-corrected chi connectivity index (χ1v) is 6.61. The Balaban J connectivity index is 2.46. The molecule has 5 heteroatoms. The van der Waals surface area contributed by atoms with Gasteiger partial charge >= 0.3 is 6.18 Å². The summed E-state index contributed by atoms with van der Waals surface area (Å²) in [5, 5.41) is 10.1. The molecule has 0 aliphatic rings. The van der Waals surface area contributed by atoms with Crippen molar-refractivity contribution in [2.75, 3.05) is 13.2 Å². The lowest BCUT2D eigenvalue weighted by Crippen LogP contribution is -2.13. The Labute approximate surface area is 117 Å². The number of aryl methyl sites for hydroxylation is 3. The average Bonchev–Trinajstić information content (AvgIpc) is 2.25. The Hall–Kier alpha value is -1.07. The standard InChI is InChI=1S/C15H21F3O2/c1-10-7-11(2)14(12(3)8-10)13(19)9-20-6-4-5-15(16,17)18/h7-8,13,19H,4-6,9H2,1-3H3. The van der Waals surface area contributed by atoms with Crippen molar-refractivity contribution >= 4 is 0 Å². The van der Waals surface area contributed by atoms with Gasteiger partial charge in [0.05, 0.1) is 6.61 Å². The summed E-state index contributed by atoms with van der Waals surface area (Å²) in [5.74, 6) is 0. The van der Waals surface area contributed by atoms with E-state index in [0.29, 0.717) is 0 Å². The van der Waals surface area contributed by atoms with Gasteiger partial charge in [-0.15, -0.1) is 0 Å². The van der Waals surface area contributed by atoms with Crippen molar-refractivity contribution < 1.29 is 23.0 Å². The van der Waals surface area contributed by atoms with E-state index < -0.39 is 18.7 Å². The first-order chi connectivity index (χ1) is 9.20. The van der Waals surface area contributed by atoms with E-state index in [9.17, 15) is 18.3 Å². The number of hydrogen-bond donors (Lipinski definition) is 1. The second-order valence-corrected chi connectivity index (χ2v) is 5.12. The van der Waals surface area contributed by atoms with Crippen LogP contribution in [0.2, 0.25) is 0 Å². The second kappa shape index (κ2) is 7.09. The van der Waals surface area contributed by atoms with Crippen LogP contribution < -0.4 is 0 Å². The lowest BCUT2D eigenvalue weighted by Gasteiger charge is -2.17. The molecular formula is C15H21F3O2. The zero-order valence-corrected chi connectivity index (χ0v) is 12.0. The minimum absolute atomic E-state index is 0.000522. The summed E-state index contributed by atoms with van der Waals surface area (Å²) in [4.78, 5) is 0. The maximum Gasteiger partial charge on any atom is 0.389 e. The van der Waals surface area contributed by atoms with E-state index in [1.807, 2.05) is 32.9 Å². The van der Waals surface area contributed by atoms with Gasteiger partial charge in [0.25, 0.3) is 0 Å². The van der Waals surface area contributed by atoms with Gasteiger partial charge in [-0.1, -0.05) is 17.7 Å². The Morgan fingerprint density at radius 3 is 2.20 bits per heavy atom. The van der Waals surface area contributed by atoms with Gasteiger partial charge < -0.3 is 9.84 Å². The Morgan fingerprint density at radius 1 is 1.15 bits per heavy atom. The Kier molecular flexibility index (Phi) is 6.02. The SMILES string of the molecule is Cc1cc(C)c(C(O)COCCCC(F)(F)F)c(C)c1. The molecule has 0 saturated carbocycles. The molecule has 1 aromatic carbocycles. The third-order valence-corrected chi connectivity index (χ3v) is 3.10. The molecule has 0 aliphatic carbocycles. The van der Waals surface area contributed by atoms with E-state index in [1.54, 1.807) is 0 Å². The van der Waals surface area contributed by atoms with E-state index in [0.717, 1.165) is 22.3 Å². The number of aliphatic hydroxyl groups is 1. The third-order valence-electron chi connectivity index (χ3n) is 3.10. The highest BCUT2D eigenvalue weighted by Gasteiger charge is 2.26. The fourth-order valence-corrected chi connectivity index (χ4v) is 2.37. The molecule has 0 amide bonds. The Bertz CT molecular complexity index is 418. The van der Waals surface area contributed by atoms with Gasteiger partial charge in [-0.2, -0.15) is 13.2 Å². The molecule has 1 unspecified atom stereocenters. The molecule has 0 spiro atoms. The van der Waals surface area contributed by atoms with Crippen molar-refractivity contribution in [3.8, 4) is 0 Å². The molecule has 0 heterocycles. The van der Waals surface area contributed by atoms with E-state index in [1.165, 1.54) is 0 Å². The molecule has 1 atom stereocenters. The van der Waals surface area contributed by atoms with Gasteiger partial charge in [0.2, 0.25) is 0 Å². The highest BCUT2D eigenvalue weighted by atomic mass is 19.4. The van der Waals surface area contributed by atoms with Crippen LogP contribution in [0.3, 0.4) is 0 Å². The number of rotatable bonds is 6. The van der Waals surface area contributed by atoms with Crippen LogP contribution >= 0.6 is 0 Å². The predicted molar refractivity (Wildman–Crippen MR) is 71.7 cm³/mol. The second-order valence-electron chi connectivity index (χ2n) is 5.12. The first-order valence-electron chi connectivity index (χ1n) is 6.61. The number of benzene rings is 1. The zero-order chi connectivity index (χ0) is 15.3. The van der Waals surface area contributed by atoms with Crippen molar-refractivity contribution in [1.29, 1.82) is 0 Å². The van der Waals surface area contributed by atoms with Crippen molar-refractivity contribution in [1.82, 2.24) is 0 Å². The highest BCUT2D eigenvalue weighted by molar-refractivity contribution is 5.38. The number of hydrogen-bond acceptors (Lipinski definition) is 2. The summed E-state index contributed by atoms with van der Waals surface area (Å²) < 4.78 is 41.0. The summed E-state index contributed by atoms with van der Waals surface area (Å²) in [7, 11) is 0. The van der Waals surface area contributed by atoms with Crippen molar-refractivity contribution in [2.24, 2.45) is 0 Å². The van der Waals surface area contributed by atoms with E-state index in [-0.39, 0.29) is 19.6 Å². The normalized spacial score (nSPS) is 13.6. The molecule has 0 fully saturated rings. The molecule has 1 aromatic rings. The summed E-state index contributed by atoms with van der Waals surface area (Å²) in [6.45, 7) is 5.80. The number of halogens is 3. The van der Waals surface area contributed by atoms with Crippen molar-refractivity contribution in [3.05, 3.63) is 34.4 Å². The number of aliphatic hydroxyl groups excluding tert-OH is 1. The maximum absolute atomic E-state index is 11.9. The molecular weight excluding hydrogens is 269 g/mol. The van der Waals surface area contributed by atoms with E-state index >= 15 is 0 Å². The molecule has 0 aliphatic heterocycles. The van der Waals surface area contributed by atoms with Crippen LogP contribution in [0, 0.1) is 20.8 Å². The molecule has 114 valence electrons. The summed E-state index contributed by atoms with van der Waals surface area (Å²) in [5.41, 5.74) is 3.84. The maximum atomic E-state index is 11.9. The summed E-state index contributed by atoms with van der Waals surface area (Å²) in [6, 6.07) is 3.93. The third kappa shape index (κ3) is 5.51. The fourth-order valence-electron chi connectivity index (χ4n) is 2.37. The van der Waals surface area contributed by atoms with Gasteiger partial charge in [-0.3, -0.25) is 0 Å². The van der Waals surface area contributed by atoms with Gasteiger partial charge in [0.15, 0.2) is 0 Å². The van der Waals surface area contributed by atoms with Crippen LogP contribution in [0.1, 0.15) is 41.2 Å². The molecule has 1 N–H and O–H groups in total. The Morgan fingerprint density at radius 2 is 1.70 bits per heavy atom. The van der Waals surface area contributed by atoms with Crippen LogP contribution in [0.5, 0.6) is 0 Å². The predicted octanol–water partition coefficient (Wildman–Crippen LogP) is 4.00. The van der Waals surface area contributed by atoms with Gasteiger partial charge in [0, 0.05) is 13.0 Å². The largest absolute Gasteiger partial charge is 0.389 e. The van der Waals surface area contributed by atoms with Crippen LogP contribution in [0.4, 0.5) is 13.2 Å². The van der Waals surface area contributed by atoms with Crippen molar-refractivity contribution in [2.45, 2.75) is 45.9 Å². The molecule has 20 heavy (non-hydrogen) atoms. The van der Waals surface area contributed by atoms with Gasteiger partial charge in [-0.05, 0) is 43.9 Å². The number of ether oxygens (including phenoxy) is 1. The highest BCUT2D eigenvalue weighted by Crippen LogP contribution is 2.24. The smallest absolute Gasteiger partial charge is 0.386 e. The van der Waals surface area contributed by atoms with Crippen LogP contribution in [0.15, 0.2) is 12.1 Å². The van der Waals surface area contributed by atoms with Gasteiger partial charge in [0.1, 0.15) is 6.10 Å². The van der Waals surface area contributed by atoms with Crippen LogP contribution in [-0.4, -0.2) is 24.5 Å². The quantitative estimate of drug-likeness (QED) is 0.802. The molecule has 2 nitrogen and oxygen atoms in total. The summed E-state index contributed by atoms with van der Waals surface area (Å²) in [6.07, 6.45) is -5.89. The topological polar surface area (TPSA) is 29.5 Å². The van der Waals surface area contributed by atoms with E-state index in [2.05, 4.69) is 0 Å². The lowest BCUT2D eigenvalue weighted by atomic mass is 9.96. The first kappa shape index (κ1) is 17.0. The number of alkyl halides is 3. The molecule has 0 radical (unpaired) electrons. The molecule has 0 bridgehead atoms. The fraction of sp³-hybridized carbons (Fsp3) is 0.600. The van der Waals surface area contributed by atoms with Crippen LogP contribution in [0.25, 0.3) is 0 Å². The van der Waals surface area contributed by atoms with Crippen molar-refractivity contribution in [3.63, 3.8) is 0 Å². The molecule has 0 saturated heterocycles. The molecule has 1 rings (SSSR count). The van der Waals surface area contributed by atoms with Gasteiger partial charge in [-0.25, -0.2) is 0 Å². The molecule has 0 aromatic heterocycles. The summed E-state index contributed by atoms with van der Waals surface area (Å²) >= 11 is 0. The minimum Gasteiger partial charge on any atom is -0.386 e.